The van der Waals surface area contributed by atoms with Crippen LogP contribution in [0.1, 0.15) is 12.5 Å². The van der Waals surface area contributed by atoms with E-state index >= 15 is 0 Å². The Hall–Kier alpha value is -0.580. The summed E-state index contributed by atoms with van der Waals surface area (Å²) in [6, 6.07) is 7.55. The zero-order chi connectivity index (χ0) is 13.3. The van der Waals surface area contributed by atoms with Crippen molar-refractivity contribution in [1.29, 1.82) is 0 Å². The molecule has 0 radical (unpaired) electrons. The van der Waals surface area contributed by atoms with Gasteiger partial charge in [0.15, 0.2) is 0 Å². The summed E-state index contributed by atoms with van der Waals surface area (Å²) in [6.07, 6.45) is 0. The van der Waals surface area contributed by atoms with Crippen molar-refractivity contribution in [2.75, 3.05) is 31.6 Å². The number of hydrogen-bond acceptors (Lipinski definition) is 3. The lowest BCUT2D eigenvalue weighted by Gasteiger charge is -2.44. The molecule has 1 heterocycles. The Bertz CT molecular complexity index is 422. The second kappa shape index (κ2) is 5.59. The van der Waals surface area contributed by atoms with Crippen molar-refractivity contribution in [2.45, 2.75) is 25.9 Å². The van der Waals surface area contributed by atoms with Crippen LogP contribution < -0.4 is 10.6 Å². The van der Waals surface area contributed by atoms with Gasteiger partial charge in [0.25, 0.3) is 0 Å². The third-order valence-electron chi connectivity index (χ3n) is 3.87. The van der Waals surface area contributed by atoms with Crippen molar-refractivity contribution in [1.82, 2.24) is 4.90 Å². The van der Waals surface area contributed by atoms with Gasteiger partial charge in [-0.2, -0.15) is 0 Å². The fourth-order valence-corrected chi connectivity index (χ4v) is 2.95. The van der Waals surface area contributed by atoms with E-state index in [-0.39, 0.29) is 0 Å². The molecule has 0 saturated carbocycles. The number of rotatable bonds is 2. The average Bonchev–Trinajstić information content (AvgIpc) is 2.33. The molecule has 1 fully saturated rings. The van der Waals surface area contributed by atoms with Crippen molar-refractivity contribution >= 4 is 21.6 Å². The van der Waals surface area contributed by atoms with E-state index in [0.717, 1.165) is 13.1 Å². The molecule has 1 aliphatic rings. The fourth-order valence-electron chi connectivity index (χ4n) is 2.59. The van der Waals surface area contributed by atoms with Gasteiger partial charge < -0.3 is 10.6 Å². The average molecular weight is 312 g/mol. The Kier molecular flexibility index (Phi) is 4.30. The SMILES string of the molecule is Cc1ccc(N2CC(CN)N(C)CC2C)cc1Br. The Morgan fingerprint density at radius 2 is 2.11 bits per heavy atom. The predicted molar refractivity (Wildman–Crippen MR) is 81.2 cm³/mol. The highest BCUT2D eigenvalue weighted by Gasteiger charge is 2.28. The number of anilines is 1. The Balaban J connectivity index is 2.23. The van der Waals surface area contributed by atoms with Crippen molar-refractivity contribution < 1.29 is 0 Å². The molecule has 100 valence electrons. The lowest BCUT2D eigenvalue weighted by atomic mass is 10.1. The molecular weight excluding hydrogens is 290 g/mol. The maximum atomic E-state index is 5.86. The molecule has 2 N–H and O–H groups in total. The molecule has 1 aliphatic heterocycles. The Morgan fingerprint density at radius 1 is 1.39 bits per heavy atom. The maximum absolute atomic E-state index is 5.86. The summed E-state index contributed by atoms with van der Waals surface area (Å²) in [6.45, 7) is 7.17. The highest BCUT2D eigenvalue weighted by Crippen LogP contribution is 2.27. The molecular formula is C14H22BrN3. The van der Waals surface area contributed by atoms with E-state index < -0.39 is 0 Å². The maximum Gasteiger partial charge on any atom is 0.0391 e. The smallest absolute Gasteiger partial charge is 0.0391 e. The van der Waals surface area contributed by atoms with E-state index in [9.17, 15) is 0 Å². The largest absolute Gasteiger partial charge is 0.366 e. The number of halogens is 1. The van der Waals surface area contributed by atoms with E-state index in [1.54, 1.807) is 0 Å². The molecule has 1 aromatic carbocycles. The van der Waals surface area contributed by atoms with Crippen LogP contribution in [0.3, 0.4) is 0 Å². The van der Waals surface area contributed by atoms with Crippen molar-refractivity contribution in [3.63, 3.8) is 0 Å². The van der Waals surface area contributed by atoms with Crippen LogP contribution in [0.25, 0.3) is 0 Å². The molecule has 1 saturated heterocycles. The number of aryl methyl sites for hydroxylation is 1. The summed E-state index contributed by atoms with van der Waals surface area (Å²) in [5, 5.41) is 0. The monoisotopic (exact) mass is 311 g/mol. The van der Waals surface area contributed by atoms with Crippen LogP contribution in [0.5, 0.6) is 0 Å². The number of nitrogens with two attached hydrogens (primary N) is 1. The molecule has 0 amide bonds. The van der Waals surface area contributed by atoms with Crippen LogP contribution in [0.2, 0.25) is 0 Å². The van der Waals surface area contributed by atoms with Gasteiger partial charge in [0.2, 0.25) is 0 Å². The lowest BCUT2D eigenvalue weighted by molar-refractivity contribution is 0.197. The molecule has 0 bridgehead atoms. The normalized spacial score (nSPS) is 25.5. The Labute approximate surface area is 118 Å². The van der Waals surface area contributed by atoms with Crippen LogP contribution in [0.15, 0.2) is 22.7 Å². The standard InChI is InChI=1S/C14H22BrN3/c1-10-4-5-12(6-14(10)15)18-9-13(7-16)17(3)8-11(18)2/h4-6,11,13H,7-9,16H2,1-3H3. The molecule has 0 aromatic heterocycles. The first-order valence-electron chi connectivity index (χ1n) is 6.46. The van der Waals surface area contributed by atoms with Crippen LogP contribution in [-0.4, -0.2) is 43.7 Å². The predicted octanol–water partition coefficient (Wildman–Crippen LogP) is 2.23. The molecule has 2 unspecified atom stereocenters. The molecule has 18 heavy (non-hydrogen) atoms. The van der Waals surface area contributed by atoms with Crippen LogP contribution in [-0.2, 0) is 0 Å². The molecule has 1 aromatic rings. The molecule has 0 spiro atoms. The van der Waals surface area contributed by atoms with Crippen molar-refractivity contribution in [3.8, 4) is 0 Å². The lowest BCUT2D eigenvalue weighted by Crippen LogP contribution is -2.58. The van der Waals surface area contributed by atoms with Gasteiger partial charge in [0, 0.05) is 41.9 Å². The van der Waals surface area contributed by atoms with Gasteiger partial charge in [-0.3, -0.25) is 4.90 Å². The van der Waals surface area contributed by atoms with Gasteiger partial charge >= 0.3 is 0 Å². The summed E-state index contributed by atoms with van der Waals surface area (Å²) in [5.74, 6) is 0. The summed E-state index contributed by atoms with van der Waals surface area (Å²) in [4.78, 5) is 4.83. The number of benzene rings is 1. The van der Waals surface area contributed by atoms with E-state index in [2.05, 4.69) is 64.8 Å². The zero-order valence-electron chi connectivity index (χ0n) is 11.4. The summed E-state index contributed by atoms with van der Waals surface area (Å²) >= 11 is 3.61. The minimum atomic E-state index is 0.446. The number of nitrogens with zero attached hydrogens (tertiary/aromatic N) is 2. The number of piperazine rings is 1. The molecule has 3 nitrogen and oxygen atoms in total. The molecule has 2 rings (SSSR count). The molecule has 4 heteroatoms. The van der Waals surface area contributed by atoms with Crippen molar-refractivity contribution in [3.05, 3.63) is 28.2 Å². The number of likely N-dealkylation sites (N-methyl/N-ethyl adjacent to an activating group) is 1. The zero-order valence-corrected chi connectivity index (χ0v) is 12.9. The second-order valence-electron chi connectivity index (χ2n) is 5.26. The van der Waals surface area contributed by atoms with E-state index in [4.69, 9.17) is 5.73 Å². The first kappa shape index (κ1) is 13.8. The summed E-state index contributed by atoms with van der Waals surface area (Å²) in [5.41, 5.74) is 8.41. The van der Waals surface area contributed by atoms with Gasteiger partial charge in [0.05, 0.1) is 0 Å². The first-order chi connectivity index (χ1) is 8.52. The second-order valence-corrected chi connectivity index (χ2v) is 6.12. The summed E-state index contributed by atoms with van der Waals surface area (Å²) in [7, 11) is 2.16. The topological polar surface area (TPSA) is 32.5 Å². The van der Waals surface area contributed by atoms with Gasteiger partial charge in [-0.05, 0) is 38.6 Å². The highest BCUT2D eigenvalue weighted by molar-refractivity contribution is 9.10. The third kappa shape index (κ3) is 2.71. The summed E-state index contributed by atoms with van der Waals surface area (Å²) < 4.78 is 1.18. The molecule has 2 atom stereocenters. The van der Waals surface area contributed by atoms with Gasteiger partial charge in [-0.15, -0.1) is 0 Å². The third-order valence-corrected chi connectivity index (χ3v) is 4.73. The van der Waals surface area contributed by atoms with E-state index in [1.807, 2.05) is 0 Å². The van der Waals surface area contributed by atoms with Gasteiger partial charge in [-0.1, -0.05) is 22.0 Å². The van der Waals surface area contributed by atoms with E-state index in [0.29, 0.717) is 18.6 Å². The van der Waals surface area contributed by atoms with Gasteiger partial charge in [-0.25, -0.2) is 0 Å². The van der Waals surface area contributed by atoms with Crippen LogP contribution >= 0.6 is 15.9 Å². The van der Waals surface area contributed by atoms with Crippen LogP contribution in [0.4, 0.5) is 5.69 Å². The fraction of sp³-hybridized carbons (Fsp3) is 0.571. The van der Waals surface area contributed by atoms with E-state index in [1.165, 1.54) is 15.7 Å². The van der Waals surface area contributed by atoms with Crippen LogP contribution in [0, 0.1) is 6.92 Å². The number of hydrogen-bond donors (Lipinski definition) is 1. The Morgan fingerprint density at radius 3 is 2.72 bits per heavy atom. The molecule has 0 aliphatic carbocycles. The quantitative estimate of drug-likeness (QED) is 0.909. The highest BCUT2D eigenvalue weighted by atomic mass is 79.9. The first-order valence-corrected chi connectivity index (χ1v) is 7.25. The van der Waals surface area contributed by atoms with Crippen molar-refractivity contribution in [2.24, 2.45) is 5.73 Å². The van der Waals surface area contributed by atoms with Gasteiger partial charge in [0.1, 0.15) is 0 Å². The minimum Gasteiger partial charge on any atom is -0.366 e. The minimum absolute atomic E-state index is 0.446.